The number of benzene rings is 3. The van der Waals surface area contributed by atoms with E-state index in [2.05, 4.69) is 78.3 Å². The molecular formula is C28H26N2OS. The number of thiazole rings is 1. The van der Waals surface area contributed by atoms with Crippen LogP contribution in [0.15, 0.2) is 71.1 Å². The number of aryl methyl sites for hydroxylation is 1. The zero-order chi connectivity index (χ0) is 21.8. The minimum atomic E-state index is -0.00269. The zero-order valence-corrected chi connectivity index (χ0v) is 19.3. The lowest BCUT2D eigenvalue weighted by Gasteiger charge is -2.32. The molecule has 0 unspecified atom stereocenters. The molecule has 0 saturated heterocycles. The first kappa shape index (κ1) is 19.6. The minimum Gasteiger partial charge on any atom is -0.338 e. The minimum absolute atomic E-state index is 0.00269. The summed E-state index contributed by atoms with van der Waals surface area (Å²) in [6.45, 7) is 4.48. The summed E-state index contributed by atoms with van der Waals surface area (Å²) in [5.74, 6) is 0. The fraction of sp³-hybridized carbons (Fsp3) is 0.250. The molecule has 2 aliphatic rings. The van der Waals surface area contributed by atoms with Crippen LogP contribution in [-0.4, -0.2) is 11.0 Å². The van der Waals surface area contributed by atoms with E-state index in [1.807, 2.05) is 6.07 Å². The van der Waals surface area contributed by atoms with Gasteiger partial charge in [-0.2, -0.15) is 0 Å². The second-order valence-electron chi connectivity index (χ2n) is 9.08. The van der Waals surface area contributed by atoms with Crippen molar-refractivity contribution >= 4 is 49.3 Å². The lowest BCUT2D eigenvalue weighted by Crippen LogP contribution is -2.26. The molecule has 4 heteroatoms. The van der Waals surface area contributed by atoms with Gasteiger partial charge in [0.05, 0.1) is 10.2 Å². The predicted molar refractivity (Wildman–Crippen MR) is 137 cm³/mol. The Balaban J connectivity index is 1.59. The molecule has 0 amide bonds. The highest BCUT2D eigenvalue weighted by atomic mass is 32.1. The third-order valence-corrected chi connectivity index (χ3v) is 7.68. The Bertz CT molecular complexity index is 1480. The largest absolute Gasteiger partial charge is 0.338 e. The molecular weight excluding hydrogens is 412 g/mol. The van der Waals surface area contributed by atoms with Gasteiger partial charge in [-0.3, -0.25) is 4.79 Å². The maximum absolute atomic E-state index is 11.9. The average molecular weight is 439 g/mol. The van der Waals surface area contributed by atoms with Crippen molar-refractivity contribution in [2.75, 3.05) is 4.90 Å². The number of anilines is 2. The molecule has 160 valence electrons. The highest BCUT2D eigenvalue weighted by molar-refractivity contribution is 7.16. The molecule has 0 radical (unpaired) electrons. The van der Waals surface area contributed by atoms with Crippen LogP contribution in [0.2, 0.25) is 0 Å². The van der Waals surface area contributed by atoms with E-state index in [1.165, 1.54) is 57.3 Å². The molecule has 0 fully saturated rings. The Hall–Kier alpha value is -3.11. The van der Waals surface area contributed by atoms with Crippen LogP contribution in [0.4, 0.5) is 11.4 Å². The summed E-state index contributed by atoms with van der Waals surface area (Å²) < 4.78 is 1.00. The quantitative estimate of drug-likeness (QED) is 0.363. The number of H-pyrrole nitrogens is 1. The zero-order valence-electron chi connectivity index (χ0n) is 18.4. The van der Waals surface area contributed by atoms with Crippen LogP contribution in [0.1, 0.15) is 44.2 Å². The number of fused-ring (bicyclic) bond motifs is 5. The molecule has 0 spiro atoms. The number of hydrogen-bond donors (Lipinski definition) is 1. The van der Waals surface area contributed by atoms with Crippen molar-refractivity contribution in [1.29, 1.82) is 0 Å². The van der Waals surface area contributed by atoms with Crippen LogP contribution >= 0.6 is 11.3 Å². The maximum atomic E-state index is 11.9. The molecule has 4 aromatic rings. The monoisotopic (exact) mass is 438 g/mol. The Morgan fingerprint density at radius 3 is 2.81 bits per heavy atom. The van der Waals surface area contributed by atoms with Crippen LogP contribution in [0.3, 0.4) is 0 Å². The normalized spacial score (nSPS) is 15.5. The molecule has 1 heterocycles. The Morgan fingerprint density at radius 1 is 1.03 bits per heavy atom. The SMILES string of the molecule is CC(C)N(c1ccc2[nH]c(=O)sc2c1)c1cccc2ccc3c(c12)CCC1=C3C=CCC1. The summed E-state index contributed by atoms with van der Waals surface area (Å²) in [7, 11) is 0. The van der Waals surface area contributed by atoms with Crippen LogP contribution < -0.4 is 9.77 Å². The van der Waals surface area contributed by atoms with E-state index in [4.69, 9.17) is 0 Å². The lowest BCUT2D eigenvalue weighted by atomic mass is 9.79. The van der Waals surface area contributed by atoms with E-state index < -0.39 is 0 Å². The number of aromatic amines is 1. The highest BCUT2D eigenvalue weighted by Crippen LogP contribution is 2.44. The van der Waals surface area contributed by atoms with Crippen molar-refractivity contribution in [2.45, 2.75) is 45.6 Å². The van der Waals surface area contributed by atoms with Crippen molar-refractivity contribution in [3.63, 3.8) is 0 Å². The molecule has 0 bridgehead atoms. The van der Waals surface area contributed by atoms with Crippen LogP contribution in [0.25, 0.3) is 26.6 Å². The molecule has 0 saturated carbocycles. The van der Waals surface area contributed by atoms with E-state index in [0.29, 0.717) is 0 Å². The van der Waals surface area contributed by atoms with Crippen molar-refractivity contribution in [1.82, 2.24) is 4.98 Å². The number of aromatic nitrogens is 1. The summed E-state index contributed by atoms with van der Waals surface area (Å²) in [5.41, 5.74) is 9.23. The number of rotatable bonds is 3. The van der Waals surface area contributed by atoms with E-state index in [9.17, 15) is 4.79 Å². The summed E-state index contributed by atoms with van der Waals surface area (Å²) >= 11 is 1.28. The summed E-state index contributed by atoms with van der Waals surface area (Å²) in [6, 6.07) is 17.9. The Kier molecular flexibility index (Phi) is 4.58. The average Bonchev–Trinajstić information content (AvgIpc) is 3.18. The topological polar surface area (TPSA) is 36.1 Å². The Labute approximate surface area is 191 Å². The number of nitrogens with zero attached hydrogens (tertiary/aromatic N) is 1. The van der Waals surface area contributed by atoms with E-state index >= 15 is 0 Å². The van der Waals surface area contributed by atoms with Crippen LogP contribution in [-0.2, 0) is 6.42 Å². The van der Waals surface area contributed by atoms with Gasteiger partial charge in [0, 0.05) is 22.8 Å². The van der Waals surface area contributed by atoms with E-state index in [0.717, 1.165) is 28.7 Å². The van der Waals surface area contributed by atoms with Crippen LogP contribution in [0.5, 0.6) is 0 Å². The standard InChI is InChI=1S/C28H26N2OS/c1-17(2)30(20-12-15-24-26(16-20)32-28(31)29-24)25-9-5-7-19-11-13-22-21-8-4-3-6-18(21)10-14-23(22)27(19)25/h4-5,7-9,11-13,15-17H,3,6,10,14H2,1-2H3,(H,29,31). The summed E-state index contributed by atoms with van der Waals surface area (Å²) in [6.07, 6.45) is 9.28. The molecule has 0 aliphatic heterocycles. The molecule has 3 aromatic carbocycles. The van der Waals surface area contributed by atoms with Gasteiger partial charge in [-0.15, -0.1) is 0 Å². The van der Waals surface area contributed by atoms with Gasteiger partial charge in [0.1, 0.15) is 0 Å². The van der Waals surface area contributed by atoms with Gasteiger partial charge in [0.2, 0.25) is 0 Å². The van der Waals surface area contributed by atoms with Crippen molar-refractivity contribution in [2.24, 2.45) is 0 Å². The highest BCUT2D eigenvalue weighted by Gasteiger charge is 2.24. The van der Waals surface area contributed by atoms with Crippen molar-refractivity contribution in [3.05, 3.63) is 87.1 Å². The molecule has 32 heavy (non-hydrogen) atoms. The molecule has 1 N–H and O–H groups in total. The third-order valence-electron chi connectivity index (χ3n) is 6.83. The lowest BCUT2D eigenvalue weighted by molar-refractivity contribution is 0.790. The first-order valence-electron chi connectivity index (χ1n) is 11.5. The smallest absolute Gasteiger partial charge is 0.305 e. The van der Waals surface area contributed by atoms with E-state index in [-0.39, 0.29) is 10.9 Å². The second kappa shape index (κ2) is 7.49. The predicted octanol–water partition coefficient (Wildman–Crippen LogP) is 7.34. The van der Waals surface area contributed by atoms with Crippen LogP contribution in [0, 0.1) is 0 Å². The third kappa shape index (κ3) is 3.05. The molecule has 2 aliphatic carbocycles. The van der Waals surface area contributed by atoms with Gasteiger partial charge in [0.15, 0.2) is 0 Å². The van der Waals surface area contributed by atoms with E-state index in [1.54, 1.807) is 5.57 Å². The summed E-state index contributed by atoms with van der Waals surface area (Å²) in [4.78, 5) is 17.2. The fourth-order valence-corrected chi connectivity index (χ4v) is 6.24. The summed E-state index contributed by atoms with van der Waals surface area (Å²) in [5, 5.41) is 2.66. The van der Waals surface area contributed by atoms with Gasteiger partial charge in [0.25, 0.3) is 0 Å². The van der Waals surface area contributed by atoms with Gasteiger partial charge < -0.3 is 9.88 Å². The molecule has 3 nitrogen and oxygen atoms in total. The van der Waals surface area contributed by atoms with Gasteiger partial charge in [-0.1, -0.05) is 53.3 Å². The first-order valence-corrected chi connectivity index (χ1v) is 12.3. The van der Waals surface area contributed by atoms with Crippen molar-refractivity contribution in [3.8, 4) is 0 Å². The second-order valence-corrected chi connectivity index (χ2v) is 10.1. The number of hydrogen-bond acceptors (Lipinski definition) is 3. The molecule has 1 aromatic heterocycles. The Morgan fingerprint density at radius 2 is 1.94 bits per heavy atom. The maximum Gasteiger partial charge on any atom is 0.305 e. The molecule has 6 rings (SSSR count). The first-order chi connectivity index (χ1) is 15.6. The van der Waals surface area contributed by atoms with Gasteiger partial charge in [-0.25, -0.2) is 0 Å². The fourth-order valence-electron chi connectivity index (χ4n) is 5.47. The number of nitrogens with one attached hydrogen (secondary N) is 1. The van der Waals surface area contributed by atoms with Gasteiger partial charge in [-0.05, 0) is 85.9 Å². The van der Waals surface area contributed by atoms with Crippen molar-refractivity contribution < 1.29 is 0 Å². The van der Waals surface area contributed by atoms with Gasteiger partial charge >= 0.3 is 4.87 Å². The number of allylic oxidation sites excluding steroid dienone is 4. The molecule has 0 atom stereocenters.